The van der Waals surface area contributed by atoms with E-state index in [9.17, 15) is 13.0 Å². The van der Waals surface area contributed by atoms with E-state index >= 15 is 0 Å². The molecule has 2 aromatic rings. The highest BCUT2D eigenvalue weighted by atomic mass is 127. The minimum absolute atomic E-state index is 0.0646. The molecule has 19 heavy (non-hydrogen) atoms. The second kappa shape index (κ2) is 6.07. The number of aliphatic hydroxyl groups is 1. The minimum atomic E-state index is -1.55. The topological polar surface area (TPSA) is 83.8 Å². The first-order chi connectivity index (χ1) is 9.19. The quantitative estimate of drug-likeness (QED) is 0.786. The summed E-state index contributed by atoms with van der Waals surface area (Å²) in [5.74, 6) is -0.597. The second-order valence-corrected chi connectivity index (χ2v) is 5.33. The normalized spacial score (nSPS) is 10.6. The number of aromatic carboxylic acids is 1. The first kappa shape index (κ1) is 13.9. The number of carboxylic acids is 1. The molecule has 0 bridgehead atoms. The molecular weight excluding hydrogens is 363 g/mol. The summed E-state index contributed by atoms with van der Waals surface area (Å²) in [7, 11) is 0. The largest absolute Gasteiger partial charge is 0.491 e. The van der Waals surface area contributed by atoms with Crippen LogP contribution < -0.4 is 4.74 Å². The lowest BCUT2D eigenvalue weighted by molar-refractivity contribution is 0.0698. The van der Waals surface area contributed by atoms with Gasteiger partial charge in [-0.1, -0.05) is 12.1 Å². The Balaban J connectivity index is 2.69. The van der Waals surface area contributed by atoms with E-state index in [-0.39, 0.29) is 18.8 Å². The van der Waals surface area contributed by atoms with Crippen molar-refractivity contribution >= 4 is 37.9 Å². The zero-order valence-electron chi connectivity index (χ0n) is 9.80. The predicted molar refractivity (Wildman–Crippen MR) is 76.9 cm³/mol. The van der Waals surface area contributed by atoms with Crippen LogP contribution in [0, 0.1) is 3.57 Å². The van der Waals surface area contributed by atoms with Crippen LogP contribution in [0.4, 0.5) is 0 Å². The summed E-state index contributed by atoms with van der Waals surface area (Å²) < 4.78 is 16.9. The molecule has 2 rings (SSSR count). The summed E-state index contributed by atoms with van der Waals surface area (Å²) in [6, 6.07) is 8.29. The maximum Gasteiger partial charge on any atom is 0.337 e. The molecule has 0 saturated heterocycles. The van der Waals surface area contributed by atoms with E-state index < -0.39 is 27.2 Å². The molecule has 0 aliphatic heterocycles. The lowest BCUT2D eigenvalue weighted by atomic mass is 10.0. The van der Waals surface area contributed by atoms with Crippen LogP contribution >= 0.6 is 21.2 Å². The van der Waals surface area contributed by atoms with E-state index in [1.54, 1.807) is 30.3 Å². The molecule has 0 saturated carbocycles. The van der Waals surface area contributed by atoms with Gasteiger partial charge in [0, 0.05) is 10.8 Å². The van der Waals surface area contributed by atoms with Gasteiger partial charge in [0.2, 0.25) is 0 Å². The highest BCUT2D eigenvalue weighted by Gasteiger charge is 2.16. The van der Waals surface area contributed by atoms with Gasteiger partial charge >= 0.3 is 5.97 Å². The van der Waals surface area contributed by atoms with Gasteiger partial charge in [-0.3, -0.25) is 3.07 Å². The van der Waals surface area contributed by atoms with Crippen molar-refractivity contribution in [2.24, 2.45) is 0 Å². The van der Waals surface area contributed by atoms with Crippen LogP contribution in [0.5, 0.6) is 5.75 Å². The van der Waals surface area contributed by atoms with Gasteiger partial charge in [0.25, 0.3) is 0 Å². The average molecular weight is 374 g/mol. The van der Waals surface area contributed by atoms with E-state index in [0.717, 1.165) is 0 Å². The molecular formula is C13H11IO5. The second-order valence-electron chi connectivity index (χ2n) is 3.73. The molecule has 0 fully saturated rings. The first-order valence-corrected chi connectivity index (χ1v) is 7.44. The van der Waals surface area contributed by atoms with Crippen molar-refractivity contribution in [3.63, 3.8) is 0 Å². The summed E-state index contributed by atoms with van der Waals surface area (Å²) >= 11 is -1.55. The summed E-state index contributed by atoms with van der Waals surface area (Å²) in [5, 5.41) is 19.2. The average Bonchev–Trinajstić information content (AvgIpc) is 2.43. The van der Waals surface area contributed by atoms with Gasteiger partial charge < -0.3 is 14.9 Å². The molecule has 0 aliphatic rings. The van der Waals surface area contributed by atoms with Crippen molar-refractivity contribution in [1.82, 2.24) is 0 Å². The molecule has 0 spiro atoms. The van der Waals surface area contributed by atoms with Crippen LogP contribution in [0.25, 0.3) is 10.8 Å². The summed E-state index contributed by atoms with van der Waals surface area (Å²) in [6.45, 7) is 0.0179. The monoisotopic (exact) mass is 374 g/mol. The van der Waals surface area contributed by atoms with Gasteiger partial charge in [-0.25, -0.2) is 4.79 Å². The summed E-state index contributed by atoms with van der Waals surface area (Å²) in [4.78, 5) is 11.3. The van der Waals surface area contributed by atoms with Crippen LogP contribution in [0.1, 0.15) is 10.4 Å². The minimum Gasteiger partial charge on any atom is -0.491 e. The van der Waals surface area contributed by atoms with Crippen LogP contribution in [0.2, 0.25) is 0 Å². The van der Waals surface area contributed by atoms with E-state index in [1.807, 2.05) is 0 Å². The Hall–Kier alpha value is -1.54. The standard InChI is InChI=1S/C13H11IO5/c15-6-7-19-11-3-1-2-9-8(11)4-5-10(14-18)12(9)13(16)17/h1-5,15H,6-7H2,(H,16,17). The van der Waals surface area contributed by atoms with Crippen molar-refractivity contribution in [3.8, 4) is 5.75 Å². The fraction of sp³-hybridized carbons (Fsp3) is 0.154. The number of ether oxygens (including phenoxy) is 1. The number of benzene rings is 2. The third-order valence-electron chi connectivity index (χ3n) is 2.62. The Morgan fingerprint density at radius 1 is 1.21 bits per heavy atom. The lowest BCUT2D eigenvalue weighted by Crippen LogP contribution is -2.04. The van der Waals surface area contributed by atoms with Gasteiger partial charge in [0.05, 0.1) is 15.7 Å². The van der Waals surface area contributed by atoms with Crippen molar-refractivity contribution in [3.05, 3.63) is 39.5 Å². The summed E-state index contributed by atoms with van der Waals surface area (Å²) in [5.41, 5.74) is 0.0646. The number of halogens is 1. The molecule has 2 N–H and O–H groups in total. The van der Waals surface area contributed by atoms with Crippen LogP contribution in [0.3, 0.4) is 0 Å². The Labute approximate surface area is 119 Å². The lowest BCUT2D eigenvalue weighted by Gasteiger charge is -2.10. The summed E-state index contributed by atoms with van der Waals surface area (Å²) in [6.07, 6.45) is 0. The molecule has 2 aromatic carbocycles. The highest BCUT2D eigenvalue weighted by Crippen LogP contribution is 2.31. The third kappa shape index (κ3) is 2.74. The van der Waals surface area contributed by atoms with E-state index in [1.165, 1.54) is 0 Å². The van der Waals surface area contributed by atoms with E-state index in [0.29, 0.717) is 20.1 Å². The molecule has 0 atom stereocenters. The molecule has 100 valence electrons. The molecule has 0 aliphatic carbocycles. The smallest absolute Gasteiger partial charge is 0.337 e. The Kier molecular flexibility index (Phi) is 4.43. The van der Waals surface area contributed by atoms with Crippen LogP contribution in [-0.4, -0.2) is 29.4 Å². The van der Waals surface area contributed by atoms with Gasteiger partial charge in [0.15, 0.2) is 21.2 Å². The Morgan fingerprint density at radius 3 is 2.63 bits per heavy atom. The highest BCUT2D eigenvalue weighted by molar-refractivity contribution is 14.1. The van der Waals surface area contributed by atoms with Crippen LogP contribution in [0.15, 0.2) is 30.3 Å². The fourth-order valence-corrected chi connectivity index (χ4v) is 2.93. The van der Waals surface area contributed by atoms with Crippen molar-refractivity contribution in [2.45, 2.75) is 0 Å². The van der Waals surface area contributed by atoms with Crippen molar-refractivity contribution < 1.29 is 22.8 Å². The zero-order chi connectivity index (χ0) is 13.8. The number of hydrogen-bond donors (Lipinski definition) is 2. The SMILES string of the molecule is O=Ic1ccc2c(OCCO)cccc2c1C(=O)O. The van der Waals surface area contributed by atoms with E-state index in [2.05, 4.69) is 0 Å². The fourth-order valence-electron chi connectivity index (χ4n) is 1.87. The van der Waals surface area contributed by atoms with Gasteiger partial charge in [-0.05, 0) is 18.2 Å². The van der Waals surface area contributed by atoms with Crippen molar-refractivity contribution in [2.75, 3.05) is 13.2 Å². The molecule has 0 aromatic heterocycles. The maximum absolute atomic E-state index is 11.3. The van der Waals surface area contributed by atoms with Gasteiger partial charge in [-0.15, -0.1) is 0 Å². The number of fused-ring (bicyclic) bond motifs is 1. The van der Waals surface area contributed by atoms with Gasteiger partial charge in [0.1, 0.15) is 12.4 Å². The van der Waals surface area contributed by atoms with Gasteiger partial charge in [-0.2, -0.15) is 0 Å². The number of hydrogen-bond acceptors (Lipinski definition) is 4. The molecule has 0 unspecified atom stereocenters. The molecule has 5 nitrogen and oxygen atoms in total. The Bertz CT molecular complexity index is 638. The Morgan fingerprint density at radius 2 is 2.00 bits per heavy atom. The van der Waals surface area contributed by atoms with Crippen molar-refractivity contribution in [1.29, 1.82) is 0 Å². The predicted octanol–water partition coefficient (Wildman–Crippen LogP) is 2.39. The number of rotatable bonds is 5. The van der Waals surface area contributed by atoms with E-state index in [4.69, 9.17) is 9.84 Å². The molecule has 0 amide bonds. The number of carbonyl (C=O) groups is 1. The first-order valence-electron chi connectivity index (χ1n) is 5.48. The number of aliphatic hydroxyl groups excluding tert-OH is 1. The third-order valence-corrected chi connectivity index (χ3v) is 3.99. The molecule has 0 heterocycles. The van der Waals surface area contributed by atoms with Crippen LogP contribution in [-0.2, 0) is 3.07 Å². The zero-order valence-corrected chi connectivity index (χ0v) is 12.0. The molecule has 6 heteroatoms. The maximum atomic E-state index is 11.3. The molecule has 0 radical (unpaired) electrons. The number of carboxylic acid groups (broad SMARTS) is 1.